The molecule has 4 fully saturated rings. The van der Waals surface area contributed by atoms with Gasteiger partial charge >= 0.3 is 12.1 Å². The van der Waals surface area contributed by atoms with Crippen LogP contribution in [0.25, 0.3) is 10.9 Å². The van der Waals surface area contributed by atoms with Crippen LogP contribution in [0.5, 0.6) is 6.01 Å². The number of rotatable bonds is 8. The fourth-order valence-electron chi connectivity index (χ4n) is 6.83. The van der Waals surface area contributed by atoms with Crippen LogP contribution in [-0.4, -0.2) is 99.6 Å². The number of anilines is 1. The van der Waals surface area contributed by atoms with Crippen molar-refractivity contribution in [2.24, 2.45) is 11.3 Å². The number of pyridine rings is 1. The van der Waals surface area contributed by atoms with Gasteiger partial charge in [0.25, 0.3) is 0 Å². The smallest absolute Gasteiger partial charge is 0.410 e. The van der Waals surface area contributed by atoms with E-state index in [1.165, 1.54) is 6.20 Å². The van der Waals surface area contributed by atoms with E-state index in [1.54, 1.807) is 0 Å². The molecule has 2 unspecified atom stereocenters. The van der Waals surface area contributed by atoms with E-state index in [4.69, 9.17) is 26.1 Å². The van der Waals surface area contributed by atoms with Crippen molar-refractivity contribution >= 4 is 34.4 Å². The molecule has 1 saturated carbocycles. The third kappa shape index (κ3) is 6.24. The standard InChI is InChI=1S/C30H42ClFN6O4/c1-29(2,3)42-28(40)38-20-4-5-21(38)16-37(15-20)26-22-14-33-25(31)23(32)24(22)34-27(35-26)41-18-30(9-10-30)17-36-11-6-19(7-12-36)8-13-39/h14,19-21,39H,4-13,15-18H2,1-3H3. The Labute approximate surface area is 251 Å². The second kappa shape index (κ2) is 11.5. The zero-order chi connectivity index (χ0) is 29.6. The minimum absolute atomic E-state index is 0.0330. The highest BCUT2D eigenvalue weighted by atomic mass is 35.5. The first-order valence-corrected chi connectivity index (χ1v) is 15.7. The Balaban J connectivity index is 1.19. The van der Waals surface area contributed by atoms with Crippen LogP contribution in [-0.2, 0) is 4.74 Å². The molecule has 10 nitrogen and oxygen atoms in total. The average Bonchev–Trinajstić information content (AvgIpc) is 3.65. The number of aliphatic hydroxyl groups excluding tert-OH is 1. The van der Waals surface area contributed by atoms with Crippen LogP contribution < -0.4 is 9.64 Å². The lowest BCUT2D eigenvalue weighted by atomic mass is 9.93. The van der Waals surface area contributed by atoms with E-state index >= 15 is 4.39 Å². The van der Waals surface area contributed by atoms with Crippen molar-refractivity contribution in [2.45, 2.75) is 83.4 Å². The van der Waals surface area contributed by atoms with Crippen LogP contribution in [0.15, 0.2) is 6.20 Å². The van der Waals surface area contributed by atoms with Gasteiger partial charge in [-0.3, -0.25) is 4.90 Å². The summed E-state index contributed by atoms with van der Waals surface area (Å²) in [5.41, 5.74) is -0.428. The number of carbonyl (C=O) groups is 1. The van der Waals surface area contributed by atoms with E-state index in [1.807, 2.05) is 25.7 Å². The molecule has 42 heavy (non-hydrogen) atoms. The lowest BCUT2D eigenvalue weighted by molar-refractivity contribution is 0.0122. The van der Waals surface area contributed by atoms with Gasteiger partial charge in [-0.2, -0.15) is 9.97 Å². The van der Waals surface area contributed by atoms with Gasteiger partial charge in [0, 0.05) is 37.9 Å². The van der Waals surface area contributed by atoms with Crippen LogP contribution in [0.1, 0.15) is 65.7 Å². The van der Waals surface area contributed by atoms with Gasteiger partial charge in [0.15, 0.2) is 11.0 Å². The fraction of sp³-hybridized carbons (Fsp3) is 0.733. The first-order chi connectivity index (χ1) is 20.0. The molecular formula is C30H42ClFN6O4. The van der Waals surface area contributed by atoms with E-state index in [-0.39, 0.29) is 46.9 Å². The summed E-state index contributed by atoms with van der Waals surface area (Å²) < 4.78 is 27.2. The third-order valence-electron chi connectivity index (χ3n) is 9.26. The Kier molecular flexibility index (Phi) is 8.12. The number of piperazine rings is 1. The predicted octanol–water partition coefficient (Wildman–Crippen LogP) is 4.66. The summed E-state index contributed by atoms with van der Waals surface area (Å²) in [6, 6.07) is 0.0669. The normalized spacial score (nSPS) is 24.3. The summed E-state index contributed by atoms with van der Waals surface area (Å²) in [6.45, 7) is 10.5. The largest absolute Gasteiger partial charge is 0.463 e. The number of aliphatic hydroxyl groups is 1. The van der Waals surface area contributed by atoms with Gasteiger partial charge in [0.2, 0.25) is 0 Å². The Hall–Kier alpha value is -2.50. The maximum absolute atomic E-state index is 15.2. The number of carbonyl (C=O) groups excluding carboxylic acids is 1. The molecule has 12 heteroatoms. The van der Waals surface area contributed by atoms with Crippen molar-refractivity contribution < 1.29 is 23.8 Å². The molecule has 1 amide bonds. The minimum atomic E-state index is -0.690. The first kappa shape index (κ1) is 29.6. The molecular weight excluding hydrogens is 563 g/mol. The van der Waals surface area contributed by atoms with E-state index in [2.05, 4.69) is 19.8 Å². The summed E-state index contributed by atoms with van der Waals surface area (Å²) in [6.07, 6.45) is 8.22. The molecule has 0 radical (unpaired) electrons. The second-order valence-electron chi connectivity index (χ2n) is 13.7. The topological polar surface area (TPSA) is 104 Å². The van der Waals surface area contributed by atoms with Crippen LogP contribution in [0, 0.1) is 17.2 Å². The molecule has 2 bridgehead atoms. The SMILES string of the molecule is CC(C)(C)OC(=O)N1C2CCC1CN(c1nc(OCC3(CN4CCC(CCO)CC4)CC3)nc3c(F)c(Cl)ncc13)C2. The van der Waals surface area contributed by atoms with Crippen LogP contribution in [0.4, 0.5) is 15.0 Å². The molecule has 2 aromatic heterocycles. The molecule has 1 N–H and O–H groups in total. The number of fused-ring (bicyclic) bond motifs is 3. The zero-order valence-corrected chi connectivity index (χ0v) is 25.6. The van der Waals surface area contributed by atoms with E-state index < -0.39 is 11.4 Å². The molecule has 5 heterocycles. The van der Waals surface area contributed by atoms with Gasteiger partial charge < -0.3 is 24.4 Å². The van der Waals surface area contributed by atoms with Gasteiger partial charge in [-0.25, -0.2) is 14.2 Å². The van der Waals surface area contributed by atoms with Crippen LogP contribution >= 0.6 is 11.6 Å². The van der Waals surface area contributed by atoms with Gasteiger partial charge in [-0.1, -0.05) is 11.6 Å². The lowest BCUT2D eigenvalue weighted by Crippen LogP contribution is -2.57. The number of likely N-dealkylation sites (tertiary alicyclic amines) is 1. The van der Waals surface area contributed by atoms with Crippen molar-refractivity contribution in [1.29, 1.82) is 0 Å². The highest BCUT2D eigenvalue weighted by Gasteiger charge is 2.47. The minimum Gasteiger partial charge on any atom is -0.463 e. The Morgan fingerprint density at radius 2 is 1.83 bits per heavy atom. The van der Waals surface area contributed by atoms with Gasteiger partial charge in [-0.15, -0.1) is 0 Å². The quantitative estimate of drug-likeness (QED) is 0.431. The van der Waals surface area contributed by atoms with Crippen molar-refractivity contribution in [3.8, 4) is 6.01 Å². The highest BCUT2D eigenvalue weighted by molar-refractivity contribution is 6.30. The zero-order valence-electron chi connectivity index (χ0n) is 24.8. The van der Waals surface area contributed by atoms with E-state index in [0.29, 0.717) is 36.8 Å². The molecule has 0 spiro atoms. The number of piperidine rings is 1. The number of halogens is 2. The number of hydrogen-bond donors (Lipinski definition) is 1. The number of ether oxygens (including phenoxy) is 2. The molecule has 230 valence electrons. The molecule has 1 aliphatic carbocycles. The van der Waals surface area contributed by atoms with Crippen LogP contribution in [0.3, 0.4) is 0 Å². The summed E-state index contributed by atoms with van der Waals surface area (Å²) in [7, 11) is 0. The molecule has 0 aromatic carbocycles. The summed E-state index contributed by atoms with van der Waals surface area (Å²) in [5.74, 6) is 0.471. The Morgan fingerprint density at radius 3 is 2.45 bits per heavy atom. The fourth-order valence-corrected chi connectivity index (χ4v) is 6.96. The number of amides is 1. The summed E-state index contributed by atoms with van der Waals surface area (Å²) in [5, 5.41) is 9.49. The second-order valence-corrected chi connectivity index (χ2v) is 14.0. The average molecular weight is 605 g/mol. The monoisotopic (exact) mass is 604 g/mol. The summed E-state index contributed by atoms with van der Waals surface area (Å²) >= 11 is 6.06. The Morgan fingerprint density at radius 1 is 1.14 bits per heavy atom. The molecule has 3 saturated heterocycles. The third-order valence-corrected chi connectivity index (χ3v) is 9.52. The molecule has 6 rings (SSSR count). The molecule has 2 atom stereocenters. The lowest BCUT2D eigenvalue weighted by Gasteiger charge is -2.42. The van der Waals surface area contributed by atoms with Crippen LogP contribution in [0.2, 0.25) is 5.15 Å². The molecule has 4 aliphatic rings. The van der Waals surface area contributed by atoms with E-state index in [0.717, 1.165) is 64.6 Å². The summed E-state index contributed by atoms with van der Waals surface area (Å²) in [4.78, 5) is 32.8. The van der Waals surface area contributed by atoms with Gasteiger partial charge in [0.05, 0.1) is 24.1 Å². The Bertz CT molecular complexity index is 1300. The van der Waals surface area contributed by atoms with Gasteiger partial charge in [0.1, 0.15) is 16.9 Å². The number of aromatic nitrogens is 3. The molecule has 3 aliphatic heterocycles. The number of nitrogens with zero attached hydrogens (tertiary/aromatic N) is 6. The van der Waals surface area contributed by atoms with Crippen molar-refractivity contribution in [3.05, 3.63) is 17.2 Å². The highest BCUT2D eigenvalue weighted by Crippen LogP contribution is 2.47. The van der Waals surface area contributed by atoms with Crippen molar-refractivity contribution in [3.63, 3.8) is 0 Å². The molecule has 2 aromatic rings. The maximum Gasteiger partial charge on any atom is 0.410 e. The maximum atomic E-state index is 15.2. The van der Waals surface area contributed by atoms with Crippen molar-refractivity contribution in [1.82, 2.24) is 24.8 Å². The predicted molar refractivity (Wildman–Crippen MR) is 157 cm³/mol. The van der Waals surface area contributed by atoms with Gasteiger partial charge in [-0.05, 0) is 84.7 Å². The first-order valence-electron chi connectivity index (χ1n) is 15.3. The van der Waals surface area contributed by atoms with E-state index in [9.17, 15) is 9.90 Å². The number of hydrogen-bond acceptors (Lipinski definition) is 9. The van der Waals surface area contributed by atoms with Crippen molar-refractivity contribution in [2.75, 3.05) is 50.8 Å².